The summed E-state index contributed by atoms with van der Waals surface area (Å²) in [6, 6.07) is 5.98. The van der Waals surface area contributed by atoms with Crippen molar-refractivity contribution in [3.8, 4) is 11.5 Å². The lowest BCUT2D eigenvalue weighted by atomic mass is 10.1. The molecule has 120 valence electrons. The van der Waals surface area contributed by atoms with E-state index >= 15 is 0 Å². The molecule has 1 aromatic heterocycles. The van der Waals surface area contributed by atoms with Gasteiger partial charge >= 0.3 is 0 Å². The number of anilines is 1. The molecule has 2 unspecified atom stereocenters. The average Bonchev–Trinajstić information content (AvgIpc) is 2.92. The maximum atomic E-state index is 12.0. The maximum absolute atomic E-state index is 12.0. The van der Waals surface area contributed by atoms with Crippen LogP contribution in [0.25, 0.3) is 0 Å². The van der Waals surface area contributed by atoms with Crippen molar-refractivity contribution >= 4 is 22.4 Å². The first kappa shape index (κ1) is 14.5. The van der Waals surface area contributed by atoms with Crippen molar-refractivity contribution in [2.75, 3.05) is 12.1 Å². The normalized spacial score (nSPS) is 21.3. The number of aromatic nitrogens is 1. The highest BCUT2D eigenvalue weighted by atomic mass is 32.1. The SMILES string of the molecule is Cc1nc(NC(=O)C2CC2C)sc1Cc1ccc2c(c1)OCO2. The van der Waals surface area contributed by atoms with Crippen molar-refractivity contribution < 1.29 is 14.3 Å². The lowest BCUT2D eigenvalue weighted by molar-refractivity contribution is -0.117. The van der Waals surface area contributed by atoms with Crippen LogP contribution < -0.4 is 14.8 Å². The van der Waals surface area contributed by atoms with Gasteiger partial charge in [-0.2, -0.15) is 0 Å². The van der Waals surface area contributed by atoms with Gasteiger partial charge in [0, 0.05) is 17.2 Å². The Kier molecular flexibility index (Phi) is 3.49. The number of hydrogen-bond acceptors (Lipinski definition) is 5. The van der Waals surface area contributed by atoms with E-state index in [4.69, 9.17) is 9.47 Å². The molecule has 6 heteroatoms. The van der Waals surface area contributed by atoms with E-state index in [1.807, 2.05) is 25.1 Å². The first-order valence-corrected chi connectivity index (χ1v) is 8.57. The van der Waals surface area contributed by atoms with E-state index in [9.17, 15) is 4.79 Å². The minimum Gasteiger partial charge on any atom is -0.454 e. The third-order valence-electron chi connectivity index (χ3n) is 4.37. The second-order valence-corrected chi connectivity index (χ2v) is 7.28. The minimum atomic E-state index is 0.0980. The monoisotopic (exact) mass is 330 g/mol. The molecule has 0 radical (unpaired) electrons. The predicted octanol–water partition coefficient (Wildman–Crippen LogP) is 3.37. The summed E-state index contributed by atoms with van der Waals surface area (Å²) < 4.78 is 10.7. The molecule has 1 saturated carbocycles. The Morgan fingerprint density at radius 2 is 2.17 bits per heavy atom. The summed E-state index contributed by atoms with van der Waals surface area (Å²) in [6.45, 7) is 4.37. The zero-order valence-electron chi connectivity index (χ0n) is 13.1. The van der Waals surface area contributed by atoms with Gasteiger partial charge in [0.2, 0.25) is 12.7 Å². The highest BCUT2D eigenvalue weighted by Crippen LogP contribution is 2.39. The molecule has 1 fully saturated rings. The molecule has 2 heterocycles. The standard InChI is InChI=1S/C17H18N2O3S/c1-9-5-12(9)16(20)19-17-18-10(2)15(23-17)7-11-3-4-13-14(6-11)22-8-21-13/h3-4,6,9,12H,5,7-8H2,1-2H3,(H,18,19,20). The lowest BCUT2D eigenvalue weighted by Crippen LogP contribution is -2.14. The van der Waals surface area contributed by atoms with Crippen LogP contribution in [0.15, 0.2) is 18.2 Å². The van der Waals surface area contributed by atoms with Gasteiger partial charge in [0.15, 0.2) is 16.6 Å². The number of carbonyl (C=O) groups is 1. The fourth-order valence-electron chi connectivity index (χ4n) is 2.77. The lowest BCUT2D eigenvalue weighted by Gasteiger charge is -2.02. The number of benzene rings is 1. The molecule has 1 aliphatic carbocycles. The highest BCUT2D eigenvalue weighted by Gasteiger charge is 2.39. The van der Waals surface area contributed by atoms with E-state index < -0.39 is 0 Å². The summed E-state index contributed by atoms with van der Waals surface area (Å²) in [5.74, 6) is 2.35. The molecule has 2 atom stereocenters. The molecule has 0 saturated heterocycles. The summed E-state index contributed by atoms with van der Waals surface area (Å²) in [4.78, 5) is 17.7. The highest BCUT2D eigenvalue weighted by molar-refractivity contribution is 7.15. The molecule has 1 N–H and O–H groups in total. The fraction of sp³-hybridized carbons (Fsp3) is 0.412. The number of nitrogens with zero attached hydrogens (tertiary/aromatic N) is 1. The Labute approximate surface area is 138 Å². The van der Waals surface area contributed by atoms with Gasteiger partial charge in [-0.3, -0.25) is 4.79 Å². The van der Waals surface area contributed by atoms with Gasteiger partial charge in [-0.1, -0.05) is 13.0 Å². The second kappa shape index (κ2) is 5.53. The van der Waals surface area contributed by atoms with Crippen LogP contribution in [0, 0.1) is 18.8 Å². The van der Waals surface area contributed by atoms with Gasteiger partial charge in [0.25, 0.3) is 0 Å². The molecular weight excluding hydrogens is 312 g/mol. The van der Waals surface area contributed by atoms with Crippen LogP contribution in [0.2, 0.25) is 0 Å². The van der Waals surface area contributed by atoms with Crippen molar-refractivity contribution in [2.24, 2.45) is 11.8 Å². The van der Waals surface area contributed by atoms with Crippen LogP contribution in [0.1, 0.15) is 29.5 Å². The van der Waals surface area contributed by atoms with Gasteiger partial charge in [-0.05, 0) is 37.0 Å². The Balaban J connectivity index is 1.48. The van der Waals surface area contributed by atoms with E-state index in [2.05, 4.69) is 17.2 Å². The molecule has 1 aliphatic heterocycles. The number of ether oxygens (including phenoxy) is 2. The summed E-state index contributed by atoms with van der Waals surface area (Å²) >= 11 is 1.55. The number of aryl methyl sites for hydroxylation is 1. The van der Waals surface area contributed by atoms with Gasteiger partial charge in [-0.15, -0.1) is 11.3 Å². The number of amides is 1. The number of thiazole rings is 1. The zero-order valence-corrected chi connectivity index (χ0v) is 13.9. The van der Waals surface area contributed by atoms with Gasteiger partial charge in [0.05, 0.1) is 5.69 Å². The summed E-state index contributed by atoms with van der Waals surface area (Å²) in [5.41, 5.74) is 2.11. The molecule has 0 spiro atoms. The quantitative estimate of drug-likeness (QED) is 0.934. The number of carbonyl (C=O) groups excluding carboxylic acids is 1. The summed E-state index contributed by atoms with van der Waals surface area (Å²) in [5, 5.41) is 3.64. The van der Waals surface area contributed by atoms with E-state index in [1.165, 1.54) is 0 Å². The minimum absolute atomic E-state index is 0.0980. The van der Waals surface area contributed by atoms with E-state index in [1.54, 1.807) is 11.3 Å². The van der Waals surface area contributed by atoms with Gasteiger partial charge in [0.1, 0.15) is 0 Å². The van der Waals surface area contributed by atoms with E-state index in [0.29, 0.717) is 11.0 Å². The maximum Gasteiger partial charge on any atom is 0.231 e. The second-order valence-electron chi connectivity index (χ2n) is 6.20. The molecule has 4 rings (SSSR count). The molecular formula is C17H18N2O3S. The predicted molar refractivity (Wildman–Crippen MR) is 88.1 cm³/mol. The number of nitrogens with one attached hydrogen (secondary N) is 1. The van der Waals surface area contributed by atoms with Crippen molar-refractivity contribution in [1.29, 1.82) is 0 Å². The first-order chi connectivity index (χ1) is 11.1. The summed E-state index contributed by atoms with van der Waals surface area (Å²) in [7, 11) is 0. The largest absolute Gasteiger partial charge is 0.454 e. The van der Waals surface area contributed by atoms with Gasteiger partial charge < -0.3 is 14.8 Å². The molecule has 5 nitrogen and oxygen atoms in total. The van der Waals surface area contributed by atoms with Crippen LogP contribution in [0.3, 0.4) is 0 Å². The third-order valence-corrected chi connectivity index (χ3v) is 5.44. The Hall–Kier alpha value is -2.08. The smallest absolute Gasteiger partial charge is 0.231 e. The molecule has 1 amide bonds. The summed E-state index contributed by atoms with van der Waals surface area (Å²) in [6.07, 6.45) is 1.76. The zero-order chi connectivity index (χ0) is 16.0. The van der Waals surface area contributed by atoms with Crippen molar-refractivity contribution in [1.82, 2.24) is 4.98 Å². The van der Waals surface area contributed by atoms with Crippen LogP contribution in [0.4, 0.5) is 5.13 Å². The van der Waals surface area contributed by atoms with Crippen molar-refractivity contribution in [2.45, 2.75) is 26.7 Å². The first-order valence-electron chi connectivity index (χ1n) is 7.76. The van der Waals surface area contributed by atoms with Crippen LogP contribution in [-0.2, 0) is 11.2 Å². The van der Waals surface area contributed by atoms with Crippen LogP contribution in [-0.4, -0.2) is 17.7 Å². The molecule has 0 bridgehead atoms. The number of rotatable bonds is 4. The third kappa shape index (κ3) is 2.91. The average molecular weight is 330 g/mol. The number of fused-ring (bicyclic) bond motifs is 1. The molecule has 2 aromatic rings. The Morgan fingerprint density at radius 1 is 1.39 bits per heavy atom. The molecule has 23 heavy (non-hydrogen) atoms. The van der Waals surface area contributed by atoms with Crippen LogP contribution >= 0.6 is 11.3 Å². The van der Waals surface area contributed by atoms with Crippen molar-refractivity contribution in [3.63, 3.8) is 0 Å². The Morgan fingerprint density at radius 3 is 2.96 bits per heavy atom. The topological polar surface area (TPSA) is 60.5 Å². The van der Waals surface area contributed by atoms with Crippen molar-refractivity contribution in [3.05, 3.63) is 34.3 Å². The Bertz CT molecular complexity index is 771. The fourth-order valence-corrected chi connectivity index (χ4v) is 3.77. The van der Waals surface area contributed by atoms with Gasteiger partial charge in [-0.25, -0.2) is 4.98 Å². The van der Waals surface area contributed by atoms with E-state index in [-0.39, 0.29) is 18.6 Å². The molecule has 2 aliphatic rings. The van der Waals surface area contributed by atoms with E-state index in [0.717, 1.165) is 40.5 Å². The molecule has 1 aromatic carbocycles. The van der Waals surface area contributed by atoms with Crippen LogP contribution in [0.5, 0.6) is 11.5 Å². The number of hydrogen-bond donors (Lipinski definition) is 1.